The predicted octanol–water partition coefficient (Wildman–Crippen LogP) is 3.17. The Hall–Kier alpha value is -2.03. The SMILES string of the molecule is CCOC(=O)c1cc(-c2ccc(C)cc2)c[nH]1. The van der Waals surface area contributed by atoms with Crippen molar-refractivity contribution in [2.75, 3.05) is 6.61 Å². The second kappa shape index (κ2) is 4.87. The zero-order valence-corrected chi connectivity index (χ0v) is 9.99. The normalized spacial score (nSPS) is 10.2. The van der Waals surface area contributed by atoms with Crippen molar-refractivity contribution in [3.8, 4) is 11.1 Å². The molecule has 0 spiro atoms. The fourth-order valence-electron chi connectivity index (χ4n) is 1.63. The minimum absolute atomic E-state index is 0.314. The van der Waals surface area contributed by atoms with Crippen LogP contribution in [0.25, 0.3) is 11.1 Å². The van der Waals surface area contributed by atoms with E-state index < -0.39 is 0 Å². The van der Waals surface area contributed by atoms with Crippen LogP contribution in [0.2, 0.25) is 0 Å². The Morgan fingerprint density at radius 2 is 1.94 bits per heavy atom. The molecule has 0 radical (unpaired) electrons. The van der Waals surface area contributed by atoms with Crippen LogP contribution < -0.4 is 0 Å². The summed E-state index contributed by atoms with van der Waals surface area (Å²) in [5, 5.41) is 0. The summed E-state index contributed by atoms with van der Waals surface area (Å²) >= 11 is 0. The van der Waals surface area contributed by atoms with Gasteiger partial charge in [0.15, 0.2) is 0 Å². The number of esters is 1. The van der Waals surface area contributed by atoms with Gasteiger partial charge in [-0.05, 0) is 31.0 Å². The van der Waals surface area contributed by atoms with Crippen LogP contribution >= 0.6 is 0 Å². The monoisotopic (exact) mass is 229 g/mol. The van der Waals surface area contributed by atoms with Gasteiger partial charge in [0, 0.05) is 6.20 Å². The number of carbonyl (C=O) groups excluding carboxylic acids is 1. The van der Waals surface area contributed by atoms with E-state index in [1.807, 2.05) is 43.5 Å². The summed E-state index contributed by atoms with van der Waals surface area (Å²) < 4.78 is 4.93. The van der Waals surface area contributed by atoms with Crippen LogP contribution in [0, 0.1) is 6.92 Å². The number of nitrogens with one attached hydrogen (secondary N) is 1. The Balaban J connectivity index is 2.23. The maximum Gasteiger partial charge on any atom is 0.354 e. The van der Waals surface area contributed by atoms with Gasteiger partial charge < -0.3 is 9.72 Å². The Morgan fingerprint density at radius 3 is 2.59 bits per heavy atom. The highest BCUT2D eigenvalue weighted by atomic mass is 16.5. The number of benzene rings is 1. The number of hydrogen-bond acceptors (Lipinski definition) is 2. The molecule has 17 heavy (non-hydrogen) atoms. The zero-order chi connectivity index (χ0) is 12.3. The number of ether oxygens (including phenoxy) is 1. The third-order valence-corrected chi connectivity index (χ3v) is 2.56. The molecule has 88 valence electrons. The van der Waals surface area contributed by atoms with E-state index in [1.54, 1.807) is 6.92 Å². The lowest BCUT2D eigenvalue weighted by Crippen LogP contribution is -2.04. The molecule has 0 aliphatic carbocycles. The van der Waals surface area contributed by atoms with Crippen molar-refractivity contribution in [3.63, 3.8) is 0 Å². The van der Waals surface area contributed by atoms with Gasteiger partial charge in [-0.2, -0.15) is 0 Å². The summed E-state index contributed by atoms with van der Waals surface area (Å²) in [5.41, 5.74) is 3.78. The third kappa shape index (κ3) is 2.56. The van der Waals surface area contributed by atoms with E-state index in [0.717, 1.165) is 11.1 Å². The molecule has 0 aliphatic heterocycles. The lowest BCUT2D eigenvalue weighted by Gasteiger charge is -1.98. The predicted molar refractivity (Wildman–Crippen MR) is 66.9 cm³/mol. The fourth-order valence-corrected chi connectivity index (χ4v) is 1.63. The van der Waals surface area contributed by atoms with Crippen LogP contribution in [0.1, 0.15) is 23.0 Å². The minimum Gasteiger partial charge on any atom is -0.461 e. The molecule has 2 rings (SSSR count). The van der Waals surface area contributed by atoms with Crippen LogP contribution in [-0.2, 0) is 4.74 Å². The van der Waals surface area contributed by atoms with E-state index in [2.05, 4.69) is 4.98 Å². The molecule has 0 amide bonds. The quantitative estimate of drug-likeness (QED) is 0.821. The van der Waals surface area contributed by atoms with E-state index in [-0.39, 0.29) is 5.97 Å². The molecule has 0 saturated carbocycles. The van der Waals surface area contributed by atoms with Crippen molar-refractivity contribution < 1.29 is 9.53 Å². The average Bonchev–Trinajstić information content (AvgIpc) is 2.80. The van der Waals surface area contributed by atoms with E-state index in [1.165, 1.54) is 5.56 Å². The Labute approximate surface area is 100 Å². The molecular weight excluding hydrogens is 214 g/mol. The smallest absolute Gasteiger partial charge is 0.354 e. The van der Waals surface area contributed by atoms with Crippen LogP contribution in [0.3, 0.4) is 0 Å². The molecular formula is C14H15NO2. The van der Waals surface area contributed by atoms with Gasteiger partial charge in [-0.3, -0.25) is 0 Å². The maximum absolute atomic E-state index is 11.5. The number of aromatic amines is 1. The summed E-state index contributed by atoms with van der Waals surface area (Å²) in [7, 11) is 0. The van der Waals surface area contributed by atoms with Gasteiger partial charge in [-0.15, -0.1) is 0 Å². The second-order valence-electron chi connectivity index (χ2n) is 3.89. The highest BCUT2D eigenvalue weighted by Gasteiger charge is 2.09. The number of rotatable bonds is 3. The van der Waals surface area contributed by atoms with Crippen LogP contribution in [-0.4, -0.2) is 17.6 Å². The van der Waals surface area contributed by atoms with Gasteiger partial charge in [-0.25, -0.2) is 4.79 Å². The number of hydrogen-bond donors (Lipinski definition) is 1. The molecule has 0 atom stereocenters. The van der Waals surface area contributed by atoms with Crippen LogP contribution in [0.5, 0.6) is 0 Å². The molecule has 0 unspecified atom stereocenters. The number of carbonyl (C=O) groups is 1. The number of aromatic nitrogens is 1. The van der Waals surface area contributed by atoms with Crippen molar-refractivity contribution in [3.05, 3.63) is 47.8 Å². The molecule has 0 saturated heterocycles. The first-order chi connectivity index (χ1) is 8.20. The molecule has 0 fully saturated rings. The average molecular weight is 229 g/mol. The molecule has 0 bridgehead atoms. The highest BCUT2D eigenvalue weighted by molar-refractivity contribution is 5.89. The fraction of sp³-hybridized carbons (Fsp3) is 0.214. The maximum atomic E-state index is 11.5. The van der Waals surface area contributed by atoms with Gasteiger partial charge in [0.25, 0.3) is 0 Å². The van der Waals surface area contributed by atoms with Gasteiger partial charge in [-0.1, -0.05) is 29.8 Å². The van der Waals surface area contributed by atoms with Crippen LogP contribution in [0.15, 0.2) is 36.5 Å². The largest absolute Gasteiger partial charge is 0.461 e. The van der Waals surface area contributed by atoms with E-state index in [0.29, 0.717) is 12.3 Å². The first kappa shape index (κ1) is 11.5. The van der Waals surface area contributed by atoms with Crippen molar-refractivity contribution in [2.45, 2.75) is 13.8 Å². The van der Waals surface area contributed by atoms with E-state index in [9.17, 15) is 4.79 Å². The Morgan fingerprint density at radius 1 is 1.24 bits per heavy atom. The first-order valence-electron chi connectivity index (χ1n) is 5.63. The number of H-pyrrole nitrogens is 1. The summed E-state index contributed by atoms with van der Waals surface area (Å²) in [5.74, 6) is -0.314. The molecule has 1 aromatic heterocycles. The lowest BCUT2D eigenvalue weighted by atomic mass is 10.1. The van der Waals surface area contributed by atoms with Crippen molar-refractivity contribution in [2.24, 2.45) is 0 Å². The van der Waals surface area contributed by atoms with Crippen molar-refractivity contribution in [1.29, 1.82) is 0 Å². The topological polar surface area (TPSA) is 42.1 Å². The zero-order valence-electron chi connectivity index (χ0n) is 9.99. The Bertz CT molecular complexity index is 511. The minimum atomic E-state index is -0.314. The molecule has 1 aromatic carbocycles. The standard InChI is InChI=1S/C14H15NO2/c1-3-17-14(16)13-8-12(9-15-13)11-6-4-10(2)5-7-11/h4-9,15H,3H2,1-2H3. The summed E-state index contributed by atoms with van der Waals surface area (Å²) in [6, 6.07) is 9.97. The number of aryl methyl sites for hydroxylation is 1. The molecule has 1 heterocycles. The van der Waals surface area contributed by atoms with Crippen molar-refractivity contribution >= 4 is 5.97 Å². The summed E-state index contributed by atoms with van der Waals surface area (Å²) in [6.45, 7) is 4.23. The van der Waals surface area contributed by atoms with E-state index >= 15 is 0 Å². The van der Waals surface area contributed by atoms with Gasteiger partial charge in [0.1, 0.15) is 5.69 Å². The van der Waals surface area contributed by atoms with Gasteiger partial charge in [0.2, 0.25) is 0 Å². The van der Waals surface area contributed by atoms with Gasteiger partial charge in [0.05, 0.1) is 6.61 Å². The van der Waals surface area contributed by atoms with Crippen LogP contribution in [0.4, 0.5) is 0 Å². The van der Waals surface area contributed by atoms with E-state index in [4.69, 9.17) is 4.74 Å². The molecule has 0 aliphatic rings. The first-order valence-corrected chi connectivity index (χ1v) is 5.63. The molecule has 2 aromatic rings. The molecule has 3 nitrogen and oxygen atoms in total. The molecule has 3 heteroatoms. The third-order valence-electron chi connectivity index (χ3n) is 2.56. The second-order valence-corrected chi connectivity index (χ2v) is 3.89. The molecule has 1 N–H and O–H groups in total. The van der Waals surface area contributed by atoms with Crippen molar-refractivity contribution in [1.82, 2.24) is 4.98 Å². The van der Waals surface area contributed by atoms with Gasteiger partial charge >= 0.3 is 5.97 Å². The highest BCUT2D eigenvalue weighted by Crippen LogP contribution is 2.20. The lowest BCUT2D eigenvalue weighted by molar-refractivity contribution is 0.0520. The summed E-state index contributed by atoms with van der Waals surface area (Å²) in [6.07, 6.45) is 1.82. The Kier molecular flexibility index (Phi) is 3.28. The summed E-state index contributed by atoms with van der Waals surface area (Å²) in [4.78, 5) is 14.4.